The third-order valence-corrected chi connectivity index (χ3v) is 5.87. The Bertz CT molecular complexity index is 1180. The largest absolute Gasteiger partial charge is 0.497 e. The number of methoxy groups -OCH3 is 1. The number of nitrogens with one attached hydrogen (secondary N) is 2. The minimum atomic E-state index is -0.468. The fourth-order valence-electron chi connectivity index (χ4n) is 3.39. The van der Waals surface area contributed by atoms with Gasteiger partial charge in [0.25, 0.3) is 11.1 Å². The van der Waals surface area contributed by atoms with Crippen LogP contribution in [0.25, 0.3) is 17.0 Å². The summed E-state index contributed by atoms with van der Waals surface area (Å²) in [4.78, 5) is 41.7. The average molecular weight is 436 g/mol. The zero-order valence-corrected chi connectivity index (χ0v) is 17.7. The number of fused-ring (bicyclic) bond motifs is 1. The number of thioether (sulfide) groups is 1. The normalized spacial score (nSPS) is 15.1. The van der Waals surface area contributed by atoms with Gasteiger partial charge in [-0.1, -0.05) is 30.3 Å². The molecule has 31 heavy (non-hydrogen) atoms. The number of nitrogens with zero attached hydrogens (tertiary/aromatic N) is 1. The van der Waals surface area contributed by atoms with Crippen molar-refractivity contribution < 1.29 is 19.1 Å². The molecule has 1 fully saturated rings. The van der Waals surface area contributed by atoms with E-state index in [2.05, 4.69) is 10.3 Å². The first-order valence-electron chi connectivity index (χ1n) is 9.76. The molecule has 2 N–H and O–H groups in total. The number of aromatic amines is 1. The van der Waals surface area contributed by atoms with Crippen LogP contribution in [-0.4, -0.2) is 47.1 Å². The number of hydrogen-bond donors (Lipinski definition) is 2. The number of H-pyrrole nitrogens is 1. The standard InChI is InChI=1S/C23H21N3O4S/c1-30-17-6-4-5-15(11-17)12-20-22(28)26(23(29)31-20)14-21(27)24-10-9-16-13-25-19-8-3-2-7-18(16)19/h2-8,11-13,25H,9-10,14H2,1H3,(H,24,27)/b20-12-. The second-order valence-electron chi connectivity index (χ2n) is 7.00. The van der Waals surface area contributed by atoms with Crippen LogP contribution in [0.1, 0.15) is 11.1 Å². The van der Waals surface area contributed by atoms with E-state index in [0.717, 1.165) is 38.7 Å². The Kier molecular flexibility index (Phi) is 6.08. The maximum absolute atomic E-state index is 12.6. The highest BCUT2D eigenvalue weighted by molar-refractivity contribution is 8.18. The lowest BCUT2D eigenvalue weighted by atomic mass is 10.1. The SMILES string of the molecule is COc1cccc(/C=C2\SC(=O)N(CC(=O)NCCc3c[nH]c4ccccc34)C2=O)c1. The zero-order chi connectivity index (χ0) is 21.8. The van der Waals surface area contributed by atoms with E-state index in [1.807, 2.05) is 36.5 Å². The Balaban J connectivity index is 1.34. The molecule has 3 amide bonds. The van der Waals surface area contributed by atoms with E-state index in [9.17, 15) is 14.4 Å². The zero-order valence-electron chi connectivity index (χ0n) is 16.9. The number of para-hydroxylation sites is 1. The Hall–Kier alpha value is -3.52. The molecule has 1 saturated heterocycles. The van der Waals surface area contributed by atoms with Gasteiger partial charge in [0.15, 0.2) is 0 Å². The predicted octanol–water partition coefficient (Wildman–Crippen LogP) is 3.57. The first-order valence-corrected chi connectivity index (χ1v) is 10.6. The second kappa shape index (κ2) is 9.09. The van der Waals surface area contributed by atoms with Crippen LogP contribution in [0, 0.1) is 0 Å². The highest BCUT2D eigenvalue weighted by Gasteiger charge is 2.36. The van der Waals surface area contributed by atoms with Gasteiger partial charge in [0.05, 0.1) is 12.0 Å². The molecular weight excluding hydrogens is 414 g/mol. The molecule has 0 bridgehead atoms. The van der Waals surface area contributed by atoms with Gasteiger partial charge in [0.1, 0.15) is 12.3 Å². The molecule has 0 spiro atoms. The molecule has 7 nitrogen and oxygen atoms in total. The molecule has 1 aliphatic heterocycles. The van der Waals surface area contributed by atoms with Crippen molar-refractivity contribution in [3.8, 4) is 5.75 Å². The number of aromatic nitrogens is 1. The molecule has 3 aromatic rings. The van der Waals surface area contributed by atoms with Crippen LogP contribution in [0.15, 0.2) is 59.6 Å². The third kappa shape index (κ3) is 4.64. The van der Waals surface area contributed by atoms with Crippen LogP contribution < -0.4 is 10.1 Å². The topological polar surface area (TPSA) is 91.5 Å². The lowest BCUT2D eigenvalue weighted by molar-refractivity contribution is -0.129. The maximum Gasteiger partial charge on any atom is 0.294 e. The van der Waals surface area contributed by atoms with Crippen molar-refractivity contribution in [3.05, 3.63) is 70.8 Å². The molecule has 1 aliphatic rings. The number of imide groups is 1. The van der Waals surface area contributed by atoms with Crippen LogP contribution in [0.5, 0.6) is 5.75 Å². The molecule has 0 radical (unpaired) electrons. The van der Waals surface area contributed by atoms with E-state index in [0.29, 0.717) is 18.7 Å². The molecule has 1 aromatic heterocycles. The van der Waals surface area contributed by atoms with E-state index in [4.69, 9.17) is 4.74 Å². The van der Waals surface area contributed by atoms with Crippen molar-refractivity contribution in [3.63, 3.8) is 0 Å². The summed E-state index contributed by atoms with van der Waals surface area (Å²) in [6.07, 6.45) is 4.20. The summed E-state index contributed by atoms with van der Waals surface area (Å²) in [6.45, 7) is 0.116. The van der Waals surface area contributed by atoms with Crippen molar-refractivity contribution >= 4 is 45.8 Å². The molecule has 0 unspecified atom stereocenters. The first-order chi connectivity index (χ1) is 15.0. The average Bonchev–Trinajstić information content (AvgIpc) is 3.30. The number of ether oxygens (including phenoxy) is 1. The summed E-state index contributed by atoms with van der Waals surface area (Å²) in [5, 5.41) is 3.45. The summed E-state index contributed by atoms with van der Waals surface area (Å²) in [7, 11) is 1.56. The smallest absolute Gasteiger partial charge is 0.294 e. The van der Waals surface area contributed by atoms with Crippen LogP contribution >= 0.6 is 11.8 Å². The summed E-state index contributed by atoms with van der Waals surface area (Å²) >= 11 is 0.829. The number of hydrogen-bond acceptors (Lipinski definition) is 5. The highest BCUT2D eigenvalue weighted by atomic mass is 32.2. The second-order valence-corrected chi connectivity index (χ2v) is 8.00. The molecular formula is C23H21N3O4S. The van der Waals surface area contributed by atoms with Crippen molar-refractivity contribution in [1.82, 2.24) is 15.2 Å². The van der Waals surface area contributed by atoms with Gasteiger partial charge >= 0.3 is 0 Å². The fraction of sp³-hybridized carbons (Fsp3) is 0.174. The van der Waals surface area contributed by atoms with Crippen molar-refractivity contribution in [2.75, 3.05) is 20.2 Å². The van der Waals surface area contributed by atoms with Gasteiger partial charge in [0.2, 0.25) is 5.91 Å². The quantitative estimate of drug-likeness (QED) is 0.554. The molecule has 4 rings (SSSR count). The third-order valence-electron chi connectivity index (χ3n) is 4.96. The Morgan fingerprint density at radius 2 is 2.03 bits per heavy atom. The predicted molar refractivity (Wildman–Crippen MR) is 121 cm³/mol. The van der Waals surface area contributed by atoms with Crippen LogP contribution in [0.4, 0.5) is 4.79 Å². The number of carbonyl (C=O) groups is 3. The van der Waals surface area contributed by atoms with Gasteiger partial charge < -0.3 is 15.0 Å². The molecule has 8 heteroatoms. The van der Waals surface area contributed by atoms with E-state index in [1.54, 1.807) is 31.4 Å². The van der Waals surface area contributed by atoms with E-state index >= 15 is 0 Å². The Morgan fingerprint density at radius 1 is 1.19 bits per heavy atom. The lowest BCUT2D eigenvalue weighted by Gasteiger charge is -2.12. The Labute approximate surface area is 183 Å². The molecule has 0 atom stereocenters. The van der Waals surface area contributed by atoms with E-state index in [-0.39, 0.29) is 17.4 Å². The number of rotatable bonds is 7. The van der Waals surface area contributed by atoms with Crippen molar-refractivity contribution in [2.45, 2.75) is 6.42 Å². The van der Waals surface area contributed by atoms with Gasteiger partial charge in [-0.2, -0.15) is 0 Å². The number of amides is 3. The Morgan fingerprint density at radius 3 is 2.87 bits per heavy atom. The van der Waals surface area contributed by atoms with Crippen molar-refractivity contribution in [2.24, 2.45) is 0 Å². The van der Waals surface area contributed by atoms with Gasteiger partial charge in [0, 0.05) is 23.6 Å². The summed E-state index contributed by atoms with van der Waals surface area (Å²) in [5.74, 6) is -0.183. The van der Waals surface area contributed by atoms with E-state index in [1.165, 1.54) is 0 Å². The van der Waals surface area contributed by atoms with E-state index < -0.39 is 11.1 Å². The van der Waals surface area contributed by atoms with Gasteiger partial charge in [-0.25, -0.2) is 0 Å². The highest BCUT2D eigenvalue weighted by Crippen LogP contribution is 2.32. The number of benzene rings is 2. The van der Waals surface area contributed by atoms with Gasteiger partial charge in [-0.15, -0.1) is 0 Å². The minimum Gasteiger partial charge on any atom is -0.497 e. The number of carbonyl (C=O) groups excluding carboxylic acids is 3. The molecule has 158 valence electrons. The fourth-order valence-corrected chi connectivity index (χ4v) is 4.23. The van der Waals surface area contributed by atoms with Crippen LogP contribution in [0.3, 0.4) is 0 Å². The molecule has 2 heterocycles. The maximum atomic E-state index is 12.6. The molecule has 0 saturated carbocycles. The summed E-state index contributed by atoms with van der Waals surface area (Å²) < 4.78 is 5.18. The molecule has 2 aromatic carbocycles. The monoisotopic (exact) mass is 435 g/mol. The lowest BCUT2D eigenvalue weighted by Crippen LogP contribution is -2.40. The first kappa shape index (κ1) is 20.7. The summed E-state index contributed by atoms with van der Waals surface area (Å²) in [5.41, 5.74) is 2.89. The van der Waals surface area contributed by atoms with Crippen LogP contribution in [-0.2, 0) is 16.0 Å². The summed E-state index contributed by atoms with van der Waals surface area (Å²) in [6, 6.07) is 15.1. The minimum absolute atomic E-state index is 0.282. The molecule has 0 aliphatic carbocycles. The van der Waals surface area contributed by atoms with Crippen molar-refractivity contribution in [1.29, 1.82) is 0 Å². The van der Waals surface area contributed by atoms with Gasteiger partial charge in [-0.05, 0) is 53.6 Å². The van der Waals surface area contributed by atoms with Gasteiger partial charge in [-0.3, -0.25) is 19.3 Å². The van der Waals surface area contributed by atoms with Crippen LogP contribution in [0.2, 0.25) is 0 Å².